The van der Waals surface area contributed by atoms with Gasteiger partial charge in [-0.3, -0.25) is 0 Å². The predicted octanol–water partition coefficient (Wildman–Crippen LogP) is 4.76. The van der Waals surface area contributed by atoms with E-state index in [1.54, 1.807) is 0 Å². The molecule has 1 heteroatoms. The van der Waals surface area contributed by atoms with E-state index < -0.39 is 0 Å². The van der Waals surface area contributed by atoms with Crippen LogP contribution < -0.4 is 0 Å². The molecule has 0 aromatic carbocycles. The molecule has 0 amide bonds. The van der Waals surface area contributed by atoms with Gasteiger partial charge in [0.15, 0.2) is 0 Å². The van der Waals surface area contributed by atoms with Crippen LogP contribution in [0, 0.1) is 0 Å². The number of unbranched alkanes of at least 4 members (excludes halogenated alkanes) is 1. The lowest BCUT2D eigenvalue weighted by molar-refractivity contribution is 0.769. The fourth-order valence-corrected chi connectivity index (χ4v) is 1.80. The Morgan fingerprint density at radius 2 is 1.53 bits per heavy atom. The van der Waals surface area contributed by atoms with Crippen molar-refractivity contribution >= 4 is 7.85 Å². The molecule has 0 aromatic heterocycles. The van der Waals surface area contributed by atoms with Gasteiger partial charge in [0.2, 0.25) is 0 Å². The van der Waals surface area contributed by atoms with Crippen molar-refractivity contribution in [2.24, 2.45) is 0 Å². The molecule has 0 spiro atoms. The van der Waals surface area contributed by atoms with Crippen LogP contribution in [0.15, 0.2) is 22.2 Å². The summed E-state index contributed by atoms with van der Waals surface area (Å²) in [5, 5.41) is 0. The molecule has 0 rings (SSSR count). The lowest BCUT2D eigenvalue weighted by Crippen LogP contribution is -1.95. The minimum atomic E-state index is 0.967. The average molecular weight is 204 g/mol. The van der Waals surface area contributed by atoms with E-state index in [0.717, 1.165) is 11.9 Å². The second kappa shape index (κ2) is 7.79. The molecule has 0 unspecified atom stereocenters. The molecule has 2 radical (unpaired) electrons. The highest BCUT2D eigenvalue weighted by Crippen LogP contribution is 2.24. The minimum Gasteiger partial charge on any atom is -0.118 e. The van der Waals surface area contributed by atoms with Crippen LogP contribution in [0.5, 0.6) is 0 Å². The van der Waals surface area contributed by atoms with Crippen LogP contribution in [-0.2, 0) is 0 Å². The Kier molecular flexibility index (Phi) is 7.55. The number of allylic oxidation sites excluding steroid dienone is 4. The number of hydrogen-bond donors (Lipinski definition) is 0. The van der Waals surface area contributed by atoms with Gasteiger partial charge in [-0.15, -0.1) is 5.47 Å². The van der Waals surface area contributed by atoms with Gasteiger partial charge in [-0.1, -0.05) is 44.8 Å². The molecule has 0 nitrogen and oxygen atoms in total. The second-order valence-electron chi connectivity index (χ2n) is 4.42. The average Bonchev–Trinajstić information content (AvgIpc) is 2.21. The highest BCUT2D eigenvalue weighted by Gasteiger charge is 2.05. The standard InChI is InChI=1S/C14H25B/c1-6-8-10-11(3)14(9-7-2)12(4)13(5)15/h6-10H2,1-5H3/b13-12+,14-11+. The molecule has 84 valence electrons. The Morgan fingerprint density at radius 1 is 0.933 bits per heavy atom. The van der Waals surface area contributed by atoms with Crippen LogP contribution in [0.1, 0.15) is 66.7 Å². The van der Waals surface area contributed by atoms with E-state index in [0.29, 0.717) is 0 Å². The quantitative estimate of drug-likeness (QED) is 0.432. The number of hydrogen-bond acceptors (Lipinski definition) is 0. The lowest BCUT2D eigenvalue weighted by atomic mass is 9.85. The van der Waals surface area contributed by atoms with Gasteiger partial charge >= 0.3 is 0 Å². The van der Waals surface area contributed by atoms with E-state index in [4.69, 9.17) is 7.85 Å². The van der Waals surface area contributed by atoms with Crippen molar-refractivity contribution < 1.29 is 0 Å². The van der Waals surface area contributed by atoms with Gasteiger partial charge in [0, 0.05) is 0 Å². The van der Waals surface area contributed by atoms with Crippen molar-refractivity contribution in [3.63, 3.8) is 0 Å². The largest absolute Gasteiger partial charge is 0.118 e. The highest BCUT2D eigenvalue weighted by molar-refractivity contribution is 6.21. The summed E-state index contributed by atoms with van der Waals surface area (Å²) in [4.78, 5) is 0. The zero-order valence-corrected chi connectivity index (χ0v) is 11.1. The zero-order chi connectivity index (χ0) is 11.8. The third-order valence-corrected chi connectivity index (χ3v) is 2.96. The lowest BCUT2D eigenvalue weighted by Gasteiger charge is -2.14. The monoisotopic (exact) mass is 204 g/mol. The maximum absolute atomic E-state index is 5.88. The molecule has 0 aliphatic rings. The van der Waals surface area contributed by atoms with Crippen LogP contribution in [0.2, 0.25) is 0 Å². The first-order valence-electron chi connectivity index (χ1n) is 6.16. The number of rotatable bonds is 6. The van der Waals surface area contributed by atoms with E-state index in [-0.39, 0.29) is 0 Å². The van der Waals surface area contributed by atoms with Crippen LogP contribution >= 0.6 is 0 Å². The van der Waals surface area contributed by atoms with Crippen molar-refractivity contribution in [2.45, 2.75) is 66.7 Å². The first-order chi connectivity index (χ1) is 7.04. The minimum absolute atomic E-state index is 0.967. The smallest absolute Gasteiger partial charge is 0.107 e. The predicted molar refractivity (Wildman–Crippen MR) is 71.3 cm³/mol. The zero-order valence-electron chi connectivity index (χ0n) is 11.1. The van der Waals surface area contributed by atoms with Crippen LogP contribution in [0.4, 0.5) is 0 Å². The summed E-state index contributed by atoms with van der Waals surface area (Å²) in [6.45, 7) is 10.9. The topological polar surface area (TPSA) is 0 Å². The molecule has 15 heavy (non-hydrogen) atoms. The highest BCUT2D eigenvalue weighted by atomic mass is 14.1. The van der Waals surface area contributed by atoms with Gasteiger partial charge in [-0.2, -0.15) is 0 Å². The normalized spacial score (nSPS) is 14.7. The Labute approximate surface area is 97.3 Å². The SMILES string of the molecule is [B]/C(C)=C(C)/C(CCC)=C(\C)CCCC. The fraction of sp³-hybridized carbons (Fsp3) is 0.714. The summed E-state index contributed by atoms with van der Waals surface area (Å²) < 4.78 is 0. The summed E-state index contributed by atoms with van der Waals surface area (Å²) >= 11 is 0. The van der Waals surface area contributed by atoms with Crippen molar-refractivity contribution in [3.05, 3.63) is 22.2 Å². The maximum Gasteiger partial charge on any atom is 0.107 e. The third kappa shape index (κ3) is 5.25. The summed E-state index contributed by atoms with van der Waals surface area (Å²) in [6, 6.07) is 0. The second-order valence-corrected chi connectivity index (χ2v) is 4.42. The summed E-state index contributed by atoms with van der Waals surface area (Å²) in [5.74, 6) is 0. The molecule has 0 fully saturated rings. The van der Waals surface area contributed by atoms with E-state index in [1.165, 1.54) is 42.4 Å². The summed E-state index contributed by atoms with van der Waals surface area (Å²) in [7, 11) is 5.88. The molecular formula is C14H25B. The maximum atomic E-state index is 5.88. The van der Waals surface area contributed by atoms with Gasteiger partial charge in [-0.25, -0.2) is 0 Å². The summed E-state index contributed by atoms with van der Waals surface area (Å²) in [5.41, 5.74) is 5.28. The fourth-order valence-electron chi connectivity index (χ4n) is 1.80. The van der Waals surface area contributed by atoms with E-state index in [2.05, 4.69) is 27.7 Å². The third-order valence-electron chi connectivity index (χ3n) is 2.96. The molecule has 0 bridgehead atoms. The molecule has 0 aliphatic heterocycles. The van der Waals surface area contributed by atoms with E-state index in [9.17, 15) is 0 Å². The summed E-state index contributed by atoms with van der Waals surface area (Å²) in [6.07, 6.45) is 6.13. The Morgan fingerprint density at radius 3 is 1.93 bits per heavy atom. The Balaban J connectivity index is 4.84. The van der Waals surface area contributed by atoms with E-state index >= 15 is 0 Å². The molecule has 0 heterocycles. The molecule has 0 N–H and O–H groups in total. The van der Waals surface area contributed by atoms with Gasteiger partial charge in [0.1, 0.15) is 7.85 Å². The molecule has 0 saturated heterocycles. The van der Waals surface area contributed by atoms with Crippen molar-refractivity contribution in [1.82, 2.24) is 0 Å². The first-order valence-corrected chi connectivity index (χ1v) is 6.16. The van der Waals surface area contributed by atoms with Crippen molar-refractivity contribution in [1.29, 1.82) is 0 Å². The molecule has 0 aliphatic carbocycles. The van der Waals surface area contributed by atoms with Crippen LogP contribution in [-0.4, -0.2) is 7.85 Å². The molecular weight excluding hydrogens is 179 g/mol. The Bertz CT molecular complexity index is 242. The Hall–Kier alpha value is -0.455. The van der Waals surface area contributed by atoms with Gasteiger partial charge in [0.25, 0.3) is 0 Å². The van der Waals surface area contributed by atoms with Gasteiger partial charge in [-0.05, 0) is 38.7 Å². The van der Waals surface area contributed by atoms with Gasteiger partial charge < -0.3 is 0 Å². The van der Waals surface area contributed by atoms with Crippen molar-refractivity contribution in [3.8, 4) is 0 Å². The molecule has 0 saturated carbocycles. The first kappa shape index (κ1) is 14.5. The van der Waals surface area contributed by atoms with Gasteiger partial charge in [0.05, 0.1) is 0 Å². The van der Waals surface area contributed by atoms with Crippen LogP contribution in [0.25, 0.3) is 0 Å². The molecule has 0 atom stereocenters. The van der Waals surface area contributed by atoms with Crippen LogP contribution in [0.3, 0.4) is 0 Å². The van der Waals surface area contributed by atoms with E-state index in [1.807, 2.05) is 6.92 Å². The van der Waals surface area contributed by atoms with Crippen molar-refractivity contribution in [2.75, 3.05) is 0 Å². The molecule has 0 aromatic rings.